The first kappa shape index (κ1) is 14.5. The van der Waals surface area contributed by atoms with Gasteiger partial charge < -0.3 is 10.4 Å². The maximum absolute atomic E-state index is 12.3. The van der Waals surface area contributed by atoms with Crippen molar-refractivity contribution < 1.29 is 9.90 Å². The van der Waals surface area contributed by atoms with Gasteiger partial charge in [-0.25, -0.2) is 0 Å². The van der Waals surface area contributed by atoms with Crippen molar-refractivity contribution in [3.63, 3.8) is 0 Å². The zero-order chi connectivity index (χ0) is 13.9. The average molecular weight is 241 g/mol. The largest absolute Gasteiger partial charge is 0.388 e. The van der Waals surface area contributed by atoms with Crippen LogP contribution in [-0.2, 0) is 4.79 Å². The van der Waals surface area contributed by atoms with Crippen LogP contribution in [0.15, 0.2) is 0 Å². The number of carbonyl (C=O) groups excluding carboxylic acids is 1. The van der Waals surface area contributed by atoms with Crippen LogP contribution >= 0.6 is 0 Å². The maximum atomic E-state index is 12.3. The smallest absolute Gasteiger partial charge is 0.224 e. The van der Waals surface area contributed by atoms with Crippen molar-refractivity contribution in [2.45, 2.75) is 66.5 Å². The minimum Gasteiger partial charge on any atom is -0.388 e. The molecule has 0 unspecified atom stereocenters. The Hall–Kier alpha value is -0.570. The van der Waals surface area contributed by atoms with Gasteiger partial charge in [0.25, 0.3) is 0 Å². The summed E-state index contributed by atoms with van der Waals surface area (Å²) < 4.78 is 0. The molecule has 17 heavy (non-hydrogen) atoms. The number of hydrogen-bond donors (Lipinski definition) is 2. The predicted octanol–water partition coefficient (Wildman–Crippen LogP) is 2.33. The van der Waals surface area contributed by atoms with Crippen LogP contribution in [0.3, 0.4) is 0 Å². The first-order valence-corrected chi connectivity index (χ1v) is 6.29. The fourth-order valence-electron chi connectivity index (χ4n) is 2.38. The number of amides is 1. The van der Waals surface area contributed by atoms with Crippen molar-refractivity contribution in [2.24, 2.45) is 16.7 Å². The second kappa shape index (κ2) is 3.47. The van der Waals surface area contributed by atoms with Crippen LogP contribution in [0.4, 0.5) is 0 Å². The van der Waals surface area contributed by atoms with Gasteiger partial charge in [-0.2, -0.15) is 0 Å². The summed E-state index contributed by atoms with van der Waals surface area (Å²) in [5.41, 5.74) is -1.50. The molecule has 3 nitrogen and oxygen atoms in total. The second-order valence-corrected chi connectivity index (χ2v) is 7.55. The van der Waals surface area contributed by atoms with Crippen LogP contribution in [0.25, 0.3) is 0 Å². The number of rotatable bonds is 3. The van der Waals surface area contributed by atoms with Crippen LogP contribution in [-0.4, -0.2) is 22.2 Å². The summed E-state index contributed by atoms with van der Waals surface area (Å²) in [6, 6.07) is 0. The lowest BCUT2D eigenvalue weighted by Gasteiger charge is -2.38. The van der Waals surface area contributed by atoms with Gasteiger partial charge in [0.2, 0.25) is 5.91 Å². The third-order valence-electron chi connectivity index (χ3n) is 5.25. The van der Waals surface area contributed by atoms with Gasteiger partial charge in [-0.05, 0) is 38.5 Å². The van der Waals surface area contributed by atoms with E-state index in [4.69, 9.17) is 0 Å². The molecule has 0 atom stereocenters. The van der Waals surface area contributed by atoms with Crippen molar-refractivity contribution in [1.29, 1.82) is 0 Å². The average Bonchev–Trinajstić information content (AvgIpc) is 2.37. The van der Waals surface area contributed by atoms with Crippen molar-refractivity contribution in [1.82, 2.24) is 5.32 Å². The first-order chi connectivity index (χ1) is 7.25. The van der Waals surface area contributed by atoms with Gasteiger partial charge in [0, 0.05) is 5.92 Å². The Labute approximate surface area is 105 Å². The van der Waals surface area contributed by atoms with E-state index in [1.165, 1.54) is 0 Å². The van der Waals surface area contributed by atoms with Crippen molar-refractivity contribution in [3.8, 4) is 0 Å². The zero-order valence-electron chi connectivity index (χ0n) is 12.4. The Morgan fingerprint density at radius 3 is 1.65 bits per heavy atom. The van der Waals surface area contributed by atoms with E-state index in [1.807, 2.05) is 13.8 Å². The summed E-state index contributed by atoms with van der Waals surface area (Å²) in [6.45, 7) is 15.6. The monoisotopic (exact) mass is 241 g/mol. The van der Waals surface area contributed by atoms with Crippen LogP contribution in [0.5, 0.6) is 0 Å². The molecular weight excluding hydrogens is 214 g/mol. The highest BCUT2D eigenvalue weighted by atomic mass is 16.3. The molecule has 0 aromatic rings. The fourth-order valence-corrected chi connectivity index (χ4v) is 2.38. The van der Waals surface area contributed by atoms with Crippen molar-refractivity contribution in [2.75, 3.05) is 0 Å². The van der Waals surface area contributed by atoms with Crippen LogP contribution in [0, 0.1) is 16.7 Å². The molecule has 1 saturated carbocycles. The standard InChI is InChI=1S/C14H27NO2/c1-11(2)9(12(11,3)4)10(16)15-13(5,6)14(7,8)17/h9,17H,1-8H3,(H,15,16). The molecule has 3 heteroatoms. The van der Waals surface area contributed by atoms with E-state index in [2.05, 4.69) is 33.0 Å². The Bertz CT molecular complexity index is 321. The molecule has 0 aromatic carbocycles. The van der Waals surface area contributed by atoms with Gasteiger partial charge >= 0.3 is 0 Å². The molecule has 2 N–H and O–H groups in total. The van der Waals surface area contributed by atoms with Gasteiger partial charge in [-0.15, -0.1) is 0 Å². The molecular formula is C14H27NO2. The molecule has 1 aliphatic carbocycles. The van der Waals surface area contributed by atoms with E-state index in [0.29, 0.717) is 0 Å². The molecule has 1 fully saturated rings. The quantitative estimate of drug-likeness (QED) is 0.796. The number of carbonyl (C=O) groups is 1. The summed E-state index contributed by atoms with van der Waals surface area (Å²) in [6.07, 6.45) is 0. The number of nitrogens with one attached hydrogen (secondary N) is 1. The molecule has 0 aromatic heterocycles. The third-order valence-corrected chi connectivity index (χ3v) is 5.25. The molecule has 100 valence electrons. The Morgan fingerprint density at radius 1 is 1.06 bits per heavy atom. The lowest BCUT2D eigenvalue weighted by Crippen LogP contribution is -2.58. The number of hydrogen-bond acceptors (Lipinski definition) is 2. The Kier molecular flexibility index (Phi) is 2.96. The van der Waals surface area contributed by atoms with Crippen molar-refractivity contribution >= 4 is 5.91 Å². The highest BCUT2D eigenvalue weighted by Gasteiger charge is 2.68. The van der Waals surface area contributed by atoms with Crippen LogP contribution in [0.1, 0.15) is 55.4 Å². The van der Waals surface area contributed by atoms with E-state index < -0.39 is 11.1 Å². The molecule has 0 spiro atoms. The molecule has 0 radical (unpaired) electrons. The molecule has 0 bridgehead atoms. The van der Waals surface area contributed by atoms with Gasteiger partial charge in [0.05, 0.1) is 11.1 Å². The summed E-state index contributed by atoms with van der Waals surface area (Å²) in [7, 11) is 0. The lowest BCUT2D eigenvalue weighted by atomic mass is 9.85. The van der Waals surface area contributed by atoms with Gasteiger partial charge in [-0.1, -0.05) is 27.7 Å². The maximum Gasteiger partial charge on any atom is 0.224 e. The van der Waals surface area contributed by atoms with Crippen LogP contribution in [0.2, 0.25) is 0 Å². The van der Waals surface area contributed by atoms with E-state index in [-0.39, 0.29) is 22.7 Å². The Balaban J connectivity index is 2.78. The molecule has 1 aliphatic rings. The predicted molar refractivity (Wildman–Crippen MR) is 69.6 cm³/mol. The second-order valence-electron chi connectivity index (χ2n) is 7.55. The minimum atomic E-state index is -0.939. The van der Waals surface area contributed by atoms with E-state index in [1.54, 1.807) is 13.8 Å². The molecule has 0 heterocycles. The Morgan fingerprint density at radius 2 is 1.41 bits per heavy atom. The van der Waals surface area contributed by atoms with E-state index in [9.17, 15) is 9.90 Å². The lowest BCUT2D eigenvalue weighted by molar-refractivity contribution is -0.128. The summed E-state index contributed by atoms with van der Waals surface area (Å²) >= 11 is 0. The highest BCUT2D eigenvalue weighted by Crippen LogP contribution is 2.68. The minimum absolute atomic E-state index is 0.0247. The van der Waals surface area contributed by atoms with Gasteiger partial charge in [0.15, 0.2) is 0 Å². The molecule has 1 rings (SSSR count). The third kappa shape index (κ3) is 2.10. The number of aliphatic hydroxyl groups is 1. The molecule has 0 saturated heterocycles. The summed E-state index contributed by atoms with van der Waals surface area (Å²) in [5, 5.41) is 13.0. The normalized spacial score (nSPS) is 23.4. The van der Waals surface area contributed by atoms with Crippen molar-refractivity contribution in [3.05, 3.63) is 0 Å². The van der Waals surface area contributed by atoms with E-state index >= 15 is 0 Å². The highest BCUT2D eigenvalue weighted by molar-refractivity contribution is 5.84. The fraction of sp³-hybridized carbons (Fsp3) is 0.929. The van der Waals surface area contributed by atoms with Gasteiger partial charge in [-0.3, -0.25) is 4.79 Å². The summed E-state index contributed by atoms with van der Waals surface area (Å²) in [5.74, 6) is 0.0729. The summed E-state index contributed by atoms with van der Waals surface area (Å²) in [4.78, 5) is 12.3. The molecule has 1 amide bonds. The zero-order valence-corrected chi connectivity index (χ0v) is 12.4. The van der Waals surface area contributed by atoms with Gasteiger partial charge in [0.1, 0.15) is 0 Å². The molecule has 0 aliphatic heterocycles. The first-order valence-electron chi connectivity index (χ1n) is 6.29. The van der Waals surface area contributed by atoms with Crippen LogP contribution < -0.4 is 5.32 Å². The van der Waals surface area contributed by atoms with E-state index in [0.717, 1.165) is 0 Å². The SMILES string of the molecule is CC(C)(O)C(C)(C)NC(=O)C1C(C)(C)C1(C)C. The topological polar surface area (TPSA) is 49.3 Å².